The molecule has 0 rings (SSSR count). The zero-order chi connectivity index (χ0) is 8.20. The van der Waals surface area contributed by atoms with Crippen LogP contribution in [0.1, 0.15) is 0 Å². The van der Waals surface area contributed by atoms with Gasteiger partial charge in [-0.05, 0) is 0 Å². The summed E-state index contributed by atoms with van der Waals surface area (Å²) in [6.07, 6.45) is -2.15. The number of aliphatic hydroxyl groups excluding tert-OH is 1. The van der Waals surface area contributed by atoms with Crippen LogP contribution in [0.15, 0.2) is 0 Å². The molecule has 61 valence electrons. The molecule has 0 aromatic rings. The van der Waals surface area contributed by atoms with E-state index >= 15 is 0 Å². The normalized spacial score (nSPS) is 15.2. The number of hydrogen-bond acceptors (Lipinski definition) is 3. The van der Waals surface area contributed by atoms with Crippen LogP contribution in [0.25, 0.3) is 0 Å². The maximum absolute atomic E-state index is 10.1. The Bertz CT molecular complexity index is 133. The molecule has 0 saturated heterocycles. The molecule has 1 atom stereocenters. The lowest BCUT2D eigenvalue weighted by Crippen LogP contribution is -2.32. The molecule has 0 aromatic carbocycles. The molecule has 4 N–H and O–H groups in total. The third-order valence-corrected chi connectivity index (χ3v) is 1.55. The Morgan fingerprint density at radius 2 is 2.00 bits per heavy atom. The predicted molar refractivity (Wildman–Crippen MR) is 31.6 cm³/mol. The van der Waals surface area contributed by atoms with Gasteiger partial charge in [0.2, 0.25) is 0 Å². The van der Waals surface area contributed by atoms with Crippen LogP contribution < -0.4 is 5.32 Å². The monoisotopic (exact) mass is 170 g/mol. The molecular formula is C3H9NO5P. The molecule has 0 aromatic heterocycles. The molecule has 0 heterocycles. The van der Waals surface area contributed by atoms with Crippen LogP contribution in [0.4, 0.5) is 0 Å². The molecular weight excluding hydrogens is 161 g/mol. The molecule has 0 bridgehead atoms. The minimum absolute atomic E-state index is 0.727. The zero-order valence-electron chi connectivity index (χ0n) is 5.10. The van der Waals surface area contributed by atoms with E-state index in [1.807, 2.05) is 5.32 Å². The van der Waals surface area contributed by atoms with E-state index in [2.05, 4.69) is 0 Å². The lowest BCUT2D eigenvalue weighted by atomic mass is 10.7. The summed E-state index contributed by atoms with van der Waals surface area (Å²) in [6, 6.07) is 0. The summed E-state index contributed by atoms with van der Waals surface area (Å²) < 4.78 is 10.1. The van der Waals surface area contributed by atoms with E-state index in [4.69, 9.17) is 14.9 Å². The highest BCUT2D eigenvalue weighted by Crippen LogP contribution is 2.34. The van der Waals surface area contributed by atoms with Gasteiger partial charge in [-0.25, -0.2) is 5.11 Å². The summed E-state index contributed by atoms with van der Waals surface area (Å²) in [5.74, 6) is 0. The van der Waals surface area contributed by atoms with E-state index in [0.29, 0.717) is 0 Å². The smallest absolute Gasteiger partial charge is 0.329 e. The van der Waals surface area contributed by atoms with Crippen molar-refractivity contribution in [3.63, 3.8) is 0 Å². The Labute approximate surface area is 57.7 Å². The third-order valence-electron chi connectivity index (χ3n) is 0.730. The quantitative estimate of drug-likeness (QED) is 0.302. The minimum Gasteiger partial charge on any atom is -0.378 e. The highest BCUT2D eigenvalue weighted by Gasteiger charge is 2.18. The van der Waals surface area contributed by atoms with Gasteiger partial charge in [-0.15, -0.1) is 0 Å². The third kappa shape index (κ3) is 6.15. The van der Waals surface area contributed by atoms with Gasteiger partial charge in [-0.3, -0.25) is 9.88 Å². The molecule has 6 nitrogen and oxygen atoms in total. The highest BCUT2D eigenvalue weighted by molar-refractivity contribution is 7.51. The van der Waals surface area contributed by atoms with Crippen LogP contribution in [0.2, 0.25) is 0 Å². The first-order valence-corrected chi connectivity index (χ1v) is 4.29. The molecule has 7 heteroatoms. The van der Waals surface area contributed by atoms with Crippen LogP contribution in [0.3, 0.4) is 0 Å². The van der Waals surface area contributed by atoms with E-state index in [1.165, 1.54) is 0 Å². The van der Waals surface area contributed by atoms with Crippen LogP contribution in [0, 0.1) is 0 Å². The van der Waals surface area contributed by atoms with E-state index < -0.39 is 26.7 Å². The molecule has 1 unspecified atom stereocenters. The van der Waals surface area contributed by atoms with Crippen LogP contribution in [0.5, 0.6) is 0 Å². The number of hydrogen-bond donors (Lipinski definition) is 4. The first-order chi connectivity index (χ1) is 4.45. The van der Waals surface area contributed by atoms with Crippen LogP contribution in [-0.4, -0.2) is 34.0 Å². The summed E-state index contributed by atoms with van der Waals surface area (Å²) >= 11 is 0. The lowest BCUT2D eigenvalue weighted by molar-refractivity contribution is 0.0798. The SMILES string of the molecule is [O]CNC(O)CP(=O)(O)O. The van der Waals surface area contributed by atoms with Gasteiger partial charge in [-0.2, -0.15) is 0 Å². The average molecular weight is 170 g/mol. The van der Waals surface area contributed by atoms with Crippen molar-refractivity contribution in [1.82, 2.24) is 5.32 Å². The van der Waals surface area contributed by atoms with Gasteiger partial charge in [-0.1, -0.05) is 0 Å². The molecule has 0 spiro atoms. The van der Waals surface area contributed by atoms with Crippen LogP contribution >= 0.6 is 7.60 Å². The average Bonchev–Trinajstić information content (AvgIpc) is 1.59. The van der Waals surface area contributed by atoms with Gasteiger partial charge >= 0.3 is 7.60 Å². The van der Waals surface area contributed by atoms with E-state index in [1.54, 1.807) is 0 Å². The Morgan fingerprint density at radius 3 is 2.30 bits per heavy atom. The topological polar surface area (TPSA) is 110 Å². The van der Waals surface area contributed by atoms with Crippen molar-refractivity contribution in [1.29, 1.82) is 0 Å². The summed E-state index contributed by atoms with van der Waals surface area (Å²) in [5.41, 5.74) is 0. The van der Waals surface area contributed by atoms with Gasteiger partial charge in [0.1, 0.15) is 13.0 Å². The maximum Gasteiger partial charge on any atom is 0.329 e. The van der Waals surface area contributed by atoms with Crippen molar-refractivity contribution in [2.75, 3.05) is 12.9 Å². The first kappa shape index (κ1) is 10.0. The number of rotatable bonds is 4. The van der Waals surface area contributed by atoms with Crippen molar-refractivity contribution in [2.24, 2.45) is 0 Å². The molecule has 0 aliphatic rings. The fraction of sp³-hybridized carbons (Fsp3) is 1.00. The second-order valence-corrected chi connectivity index (χ2v) is 3.41. The Balaban J connectivity index is 3.58. The van der Waals surface area contributed by atoms with Crippen LogP contribution in [-0.2, 0) is 9.67 Å². The van der Waals surface area contributed by atoms with Gasteiger partial charge in [0.25, 0.3) is 0 Å². The van der Waals surface area contributed by atoms with Crippen molar-refractivity contribution >= 4 is 7.60 Å². The first-order valence-electron chi connectivity index (χ1n) is 2.50. The summed E-state index contributed by atoms with van der Waals surface area (Å²) in [4.78, 5) is 16.4. The van der Waals surface area contributed by atoms with E-state index in [-0.39, 0.29) is 0 Å². The van der Waals surface area contributed by atoms with Gasteiger partial charge < -0.3 is 14.9 Å². The fourth-order valence-corrected chi connectivity index (χ4v) is 0.966. The minimum atomic E-state index is -4.20. The number of aliphatic hydroxyl groups is 1. The standard InChI is InChI=1S/C3H9NO5P/c5-2-4-3(6)1-10(7,8)9/h3-4,6H,1-2H2,(H2,7,8,9). The largest absolute Gasteiger partial charge is 0.378 e. The van der Waals surface area contributed by atoms with Gasteiger partial charge in [0.15, 0.2) is 0 Å². The van der Waals surface area contributed by atoms with Crippen molar-refractivity contribution in [2.45, 2.75) is 6.23 Å². The number of nitrogens with one attached hydrogen (secondary N) is 1. The molecule has 0 amide bonds. The van der Waals surface area contributed by atoms with E-state index in [0.717, 1.165) is 0 Å². The summed E-state index contributed by atoms with van der Waals surface area (Å²) in [7, 11) is -4.20. The molecule has 0 fully saturated rings. The molecule has 0 aliphatic heterocycles. The van der Waals surface area contributed by atoms with Gasteiger partial charge in [0.05, 0.1) is 6.16 Å². The molecule has 10 heavy (non-hydrogen) atoms. The zero-order valence-corrected chi connectivity index (χ0v) is 5.99. The Kier molecular flexibility index (Phi) is 4.04. The lowest BCUT2D eigenvalue weighted by Gasteiger charge is -2.09. The Hall–Kier alpha value is 0.0300. The fourth-order valence-electron chi connectivity index (χ4n) is 0.386. The summed E-state index contributed by atoms with van der Waals surface area (Å²) in [6.45, 7) is -0.763. The summed E-state index contributed by atoms with van der Waals surface area (Å²) in [5, 5.41) is 20.2. The predicted octanol–water partition coefficient (Wildman–Crippen LogP) is -1.54. The molecule has 0 aliphatic carbocycles. The maximum atomic E-state index is 10.1. The van der Waals surface area contributed by atoms with Gasteiger partial charge in [0, 0.05) is 0 Å². The second-order valence-electron chi connectivity index (χ2n) is 1.71. The van der Waals surface area contributed by atoms with Crippen molar-refractivity contribution in [3.05, 3.63) is 0 Å². The molecule has 0 saturated carbocycles. The van der Waals surface area contributed by atoms with E-state index in [9.17, 15) is 9.67 Å². The molecule has 1 radical (unpaired) electrons. The highest BCUT2D eigenvalue weighted by atomic mass is 31.2. The van der Waals surface area contributed by atoms with Crippen molar-refractivity contribution in [3.8, 4) is 0 Å². The van der Waals surface area contributed by atoms with Crippen molar-refractivity contribution < 1.29 is 24.6 Å². The second kappa shape index (κ2) is 4.02. The Morgan fingerprint density at radius 1 is 1.50 bits per heavy atom.